The topological polar surface area (TPSA) is 17.1 Å². The monoisotopic (exact) mass is 246 g/mol. The van der Waals surface area contributed by atoms with Crippen LogP contribution in [0.4, 0.5) is 17.6 Å². The normalized spacial score (nSPS) is 13.9. The Labute approximate surface area is 90.6 Å². The number of rotatable bonds is 7. The number of thioether (sulfide) groups is 1. The molecule has 15 heavy (non-hydrogen) atoms. The van der Waals surface area contributed by atoms with Crippen molar-refractivity contribution in [3.05, 3.63) is 0 Å². The summed E-state index contributed by atoms with van der Waals surface area (Å²) in [4.78, 5) is 10.5. The second kappa shape index (κ2) is 7.09. The van der Waals surface area contributed by atoms with Crippen LogP contribution in [0.25, 0.3) is 0 Å². The SMILES string of the molecule is CC(=O)SCCCC(F)C(F)(F)CCF. The highest BCUT2D eigenvalue weighted by atomic mass is 32.2. The van der Waals surface area contributed by atoms with E-state index in [0.717, 1.165) is 11.8 Å². The zero-order chi connectivity index (χ0) is 11.9. The lowest BCUT2D eigenvalue weighted by molar-refractivity contribution is -0.109. The van der Waals surface area contributed by atoms with Crippen LogP contribution in [0, 0.1) is 0 Å². The first-order valence-corrected chi connectivity index (χ1v) is 5.60. The smallest absolute Gasteiger partial charge is 0.281 e. The van der Waals surface area contributed by atoms with Crippen LogP contribution in [0.3, 0.4) is 0 Å². The molecule has 0 spiro atoms. The minimum absolute atomic E-state index is 0.124. The molecule has 0 aliphatic rings. The Kier molecular flexibility index (Phi) is 6.96. The Morgan fingerprint density at radius 1 is 1.47 bits per heavy atom. The summed E-state index contributed by atoms with van der Waals surface area (Å²) in [6.45, 7) is 0.130. The van der Waals surface area contributed by atoms with Crippen LogP contribution in [0.15, 0.2) is 0 Å². The van der Waals surface area contributed by atoms with Gasteiger partial charge in [0.2, 0.25) is 0 Å². The first-order chi connectivity index (χ1) is 6.90. The van der Waals surface area contributed by atoms with Gasteiger partial charge in [-0.2, -0.15) is 0 Å². The van der Waals surface area contributed by atoms with Gasteiger partial charge in [-0.3, -0.25) is 9.18 Å². The first kappa shape index (κ1) is 14.7. The first-order valence-electron chi connectivity index (χ1n) is 4.61. The molecule has 0 amide bonds. The predicted octanol–water partition coefficient (Wildman–Crippen LogP) is 3.38. The molecule has 0 rings (SSSR count). The van der Waals surface area contributed by atoms with Crippen molar-refractivity contribution in [3.63, 3.8) is 0 Å². The molecule has 0 heterocycles. The Morgan fingerprint density at radius 3 is 2.53 bits per heavy atom. The minimum atomic E-state index is -3.59. The maximum Gasteiger partial charge on any atom is 0.281 e. The second-order valence-electron chi connectivity index (χ2n) is 3.15. The molecule has 0 fully saturated rings. The van der Waals surface area contributed by atoms with Gasteiger partial charge in [0.25, 0.3) is 5.92 Å². The fraction of sp³-hybridized carbons (Fsp3) is 0.889. The van der Waals surface area contributed by atoms with Crippen molar-refractivity contribution in [2.75, 3.05) is 12.4 Å². The molecule has 0 N–H and O–H groups in total. The van der Waals surface area contributed by atoms with Gasteiger partial charge in [-0.15, -0.1) is 0 Å². The van der Waals surface area contributed by atoms with E-state index >= 15 is 0 Å². The summed E-state index contributed by atoms with van der Waals surface area (Å²) < 4.78 is 50.0. The molecule has 1 unspecified atom stereocenters. The van der Waals surface area contributed by atoms with E-state index in [1.54, 1.807) is 0 Å². The standard InChI is InChI=1S/C9H14F4OS/c1-7(14)15-6-2-3-8(11)9(12,13)4-5-10/h8H,2-6H2,1H3. The fourth-order valence-electron chi connectivity index (χ4n) is 0.972. The molecule has 0 saturated carbocycles. The maximum atomic E-state index is 12.9. The molecule has 0 aliphatic heterocycles. The van der Waals surface area contributed by atoms with Gasteiger partial charge in [0.05, 0.1) is 6.67 Å². The van der Waals surface area contributed by atoms with Crippen LogP contribution in [0.2, 0.25) is 0 Å². The summed E-state index contributed by atoms with van der Waals surface area (Å²) >= 11 is 0.973. The van der Waals surface area contributed by atoms with Crippen molar-refractivity contribution < 1.29 is 22.4 Å². The van der Waals surface area contributed by atoms with Gasteiger partial charge in [0, 0.05) is 19.1 Å². The van der Waals surface area contributed by atoms with Gasteiger partial charge >= 0.3 is 0 Å². The van der Waals surface area contributed by atoms with Crippen LogP contribution in [0.1, 0.15) is 26.2 Å². The number of alkyl halides is 4. The number of hydrogen-bond donors (Lipinski definition) is 0. The van der Waals surface area contributed by atoms with E-state index in [1.165, 1.54) is 6.92 Å². The summed E-state index contributed by atoms with van der Waals surface area (Å²) in [5.74, 6) is -3.27. The molecule has 0 aromatic carbocycles. The highest BCUT2D eigenvalue weighted by Crippen LogP contribution is 2.29. The molecule has 0 saturated heterocycles. The molecule has 1 nitrogen and oxygen atoms in total. The Hall–Kier alpha value is -0.260. The Bertz CT molecular complexity index is 199. The molecule has 0 bridgehead atoms. The van der Waals surface area contributed by atoms with Crippen LogP contribution in [-0.2, 0) is 4.79 Å². The van der Waals surface area contributed by atoms with E-state index in [2.05, 4.69) is 0 Å². The van der Waals surface area contributed by atoms with Gasteiger partial charge in [0.1, 0.15) is 0 Å². The highest BCUT2D eigenvalue weighted by Gasteiger charge is 2.38. The van der Waals surface area contributed by atoms with Gasteiger partial charge in [-0.1, -0.05) is 11.8 Å². The number of carbonyl (C=O) groups excluding carboxylic acids is 1. The largest absolute Gasteiger partial charge is 0.288 e. The van der Waals surface area contributed by atoms with Gasteiger partial charge in [0.15, 0.2) is 11.3 Å². The summed E-state index contributed by atoms with van der Waals surface area (Å²) in [6, 6.07) is 0. The quantitative estimate of drug-likeness (QED) is 0.506. The third-order valence-corrected chi connectivity index (χ3v) is 2.69. The predicted molar refractivity (Wildman–Crippen MR) is 52.8 cm³/mol. The van der Waals surface area contributed by atoms with Crippen molar-refractivity contribution in [3.8, 4) is 0 Å². The average Bonchev–Trinajstić information content (AvgIpc) is 2.11. The lowest BCUT2D eigenvalue weighted by Gasteiger charge is -2.18. The summed E-state index contributed by atoms with van der Waals surface area (Å²) in [5.41, 5.74) is 0. The molecule has 90 valence electrons. The summed E-state index contributed by atoms with van der Waals surface area (Å²) in [6.07, 6.45) is -3.55. The zero-order valence-electron chi connectivity index (χ0n) is 8.44. The van der Waals surface area contributed by atoms with E-state index in [0.29, 0.717) is 5.75 Å². The fourth-order valence-corrected chi connectivity index (χ4v) is 1.57. The van der Waals surface area contributed by atoms with Gasteiger partial charge in [-0.05, 0) is 12.8 Å². The molecular weight excluding hydrogens is 232 g/mol. The zero-order valence-corrected chi connectivity index (χ0v) is 9.26. The van der Waals surface area contributed by atoms with E-state index in [1.807, 2.05) is 0 Å². The molecule has 6 heteroatoms. The van der Waals surface area contributed by atoms with E-state index in [9.17, 15) is 22.4 Å². The number of halogens is 4. The third-order valence-electron chi connectivity index (χ3n) is 1.79. The van der Waals surface area contributed by atoms with Crippen LogP contribution >= 0.6 is 11.8 Å². The number of carbonyl (C=O) groups is 1. The molecule has 0 aliphatic carbocycles. The molecular formula is C9H14F4OS. The van der Waals surface area contributed by atoms with Crippen molar-refractivity contribution in [2.24, 2.45) is 0 Å². The maximum absolute atomic E-state index is 12.9. The van der Waals surface area contributed by atoms with E-state index in [-0.39, 0.29) is 18.0 Å². The Morgan fingerprint density at radius 2 is 2.07 bits per heavy atom. The molecule has 0 aromatic rings. The lowest BCUT2D eigenvalue weighted by atomic mass is 10.1. The van der Waals surface area contributed by atoms with Gasteiger partial charge in [-0.25, -0.2) is 13.2 Å². The van der Waals surface area contributed by atoms with E-state index < -0.39 is 25.2 Å². The van der Waals surface area contributed by atoms with Crippen molar-refractivity contribution in [1.29, 1.82) is 0 Å². The van der Waals surface area contributed by atoms with Gasteiger partial charge < -0.3 is 0 Å². The summed E-state index contributed by atoms with van der Waals surface area (Å²) in [7, 11) is 0. The van der Waals surface area contributed by atoms with Crippen molar-refractivity contribution in [2.45, 2.75) is 38.3 Å². The van der Waals surface area contributed by atoms with Crippen molar-refractivity contribution in [1.82, 2.24) is 0 Å². The minimum Gasteiger partial charge on any atom is -0.288 e. The third kappa shape index (κ3) is 6.76. The second-order valence-corrected chi connectivity index (χ2v) is 4.42. The average molecular weight is 246 g/mol. The Balaban J connectivity index is 3.72. The highest BCUT2D eigenvalue weighted by molar-refractivity contribution is 8.13. The molecule has 0 radical (unpaired) electrons. The van der Waals surface area contributed by atoms with E-state index in [4.69, 9.17) is 0 Å². The summed E-state index contributed by atoms with van der Waals surface area (Å²) in [5, 5.41) is -0.124. The lowest BCUT2D eigenvalue weighted by Crippen LogP contribution is -2.30. The van der Waals surface area contributed by atoms with Crippen LogP contribution in [-0.4, -0.2) is 29.6 Å². The van der Waals surface area contributed by atoms with Crippen LogP contribution < -0.4 is 0 Å². The van der Waals surface area contributed by atoms with Crippen LogP contribution in [0.5, 0.6) is 0 Å². The molecule has 1 atom stereocenters. The molecule has 0 aromatic heterocycles. The van der Waals surface area contributed by atoms with Crippen molar-refractivity contribution >= 4 is 16.9 Å². The number of hydrogen-bond acceptors (Lipinski definition) is 2.